The fourth-order valence-corrected chi connectivity index (χ4v) is 3.63. The molecule has 4 nitrogen and oxygen atoms in total. The maximum atomic E-state index is 12.3. The molecule has 2 aromatic carbocycles. The third kappa shape index (κ3) is 5.76. The lowest BCUT2D eigenvalue weighted by molar-refractivity contribution is -0.139. The molecule has 0 aliphatic heterocycles. The lowest BCUT2D eigenvalue weighted by Crippen LogP contribution is -2.40. The molecule has 1 amide bonds. The van der Waals surface area contributed by atoms with Gasteiger partial charge in [0.2, 0.25) is 0 Å². The van der Waals surface area contributed by atoms with Crippen LogP contribution in [0.3, 0.4) is 0 Å². The number of amides is 1. The molecule has 24 heavy (non-hydrogen) atoms. The van der Waals surface area contributed by atoms with E-state index in [2.05, 4.69) is 37.2 Å². The van der Waals surface area contributed by atoms with Gasteiger partial charge in [-0.25, -0.2) is 4.79 Å². The molecule has 0 aliphatic carbocycles. The first-order valence-electron chi connectivity index (χ1n) is 7.49. The lowest BCUT2D eigenvalue weighted by atomic mass is 10.0. The van der Waals surface area contributed by atoms with Crippen molar-refractivity contribution in [3.05, 3.63) is 68.6 Å². The molecule has 0 fully saturated rings. The fourth-order valence-electron chi connectivity index (χ4n) is 2.34. The topological polar surface area (TPSA) is 66.4 Å². The molecule has 0 aliphatic rings. The van der Waals surface area contributed by atoms with Crippen LogP contribution in [-0.4, -0.2) is 23.0 Å². The van der Waals surface area contributed by atoms with Crippen molar-refractivity contribution in [3.8, 4) is 0 Å². The molecule has 0 saturated carbocycles. The summed E-state index contributed by atoms with van der Waals surface area (Å²) in [4.78, 5) is 23.7. The van der Waals surface area contributed by atoms with Crippen LogP contribution in [0.25, 0.3) is 0 Å². The van der Waals surface area contributed by atoms with Crippen LogP contribution in [0.4, 0.5) is 0 Å². The second-order valence-corrected chi connectivity index (χ2v) is 7.23. The van der Waals surface area contributed by atoms with Gasteiger partial charge in [0.05, 0.1) is 0 Å². The van der Waals surface area contributed by atoms with Crippen LogP contribution in [-0.2, 0) is 11.2 Å². The Kier molecular flexibility index (Phi) is 6.99. The van der Waals surface area contributed by atoms with Gasteiger partial charge in [-0.15, -0.1) is 0 Å². The highest BCUT2D eigenvalue weighted by atomic mass is 79.9. The van der Waals surface area contributed by atoms with Crippen LogP contribution in [0.15, 0.2) is 57.5 Å². The van der Waals surface area contributed by atoms with Crippen LogP contribution in [0.1, 0.15) is 28.8 Å². The Hall–Kier alpha value is -1.66. The molecule has 126 valence electrons. The number of benzene rings is 2. The van der Waals surface area contributed by atoms with Crippen molar-refractivity contribution in [2.24, 2.45) is 0 Å². The number of rotatable bonds is 7. The Balaban J connectivity index is 1.95. The van der Waals surface area contributed by atoms with Gasteiger partial charge in [-0.3, -0.25) is 4.79 Å². The predicted molar refractivity (Wildman–Crippen MR) is 100 cm³/mol. The van der Waals surface area contributed by atoms with E-state index < -0.39 is 17.9 Å². The van der Waals surface area contributed by atoms with Crippen LogP contribution in [0.5, 0.6) is 0 Å². The largest absolute Gasteiger partial charge is 0.480 e. The van der Waals surface area contributed by atoms with Crippen molar-refractivity contribution in [1.29, 1.82) is 0 Å². The summed E-state index contributed by atoms with van der Waals surface area (Å²) in [5.41, 5.74) is 1.56. The Bertz CT molecular complexity index is 699. The zero-order valence-electron chi connectivity index (χ0n) is 12.8. The molecule has 2 N–H and O–H groups in total. The summed E-state index contributed by atoms with van der Waals surface area (Å²) in [5.74, 6) is -1.42. The molecule has 0 bridgehead atoms. The number of hydrogen-bond donors (Lipinski definition) is 2. The SMILES string of the molecule is O=C(N[C@@H](CCCc1ccccc1)C(=O)O)c1cc(Br)cc(Br)c1. The van der Waals surface area contributed by atoms with Crippen molar-refractivity contribution < 1.29 is 14.7 Å². The first-order chi connectivity index (χ1) is 11.5. The first kappa shape index (κ1) is 18.7. The van der Waals surface area contributed by atoms with Gasteiger partial charge in [0, 0.05) is 14.5 Å². The Morgan fingerprint density at radius 2 is 1.67 bits per heavy atom. The quantitative estimate of drug-likeness (QED) is 0.650. The normalized spacial score (nSPS) is 11.8. The standard InChI is InChI=1S/C18H17Br2NO3/c19-14-9-13(10-15(20)11-14)17(22)21-16(18(23)24)8-4-7-12-5-2-1-3-6-12/h1-3,5-6,9-11,16H,4,7-8H2,(H,21,22)(H,23,24)/t16-/m0/s1. The van der Waals surface area contributed by atoms with E-state index in [0.29, 0.717) is 18.4 Å². The average Bonchev–Trinajstić information content (AvgIpc) is 2.53. The summed E-state index contributed by atoms with van der Waals surface area (Å²) in [6.07, 6.45) is 1.84. The molecular formula is C18H17Br2NO3. The molecule has 2 aromatic rings. The molecule has 0 radical (unpaired) electrons. The van der Waals surface area contributed by atoms with Crippen molar-refractivity contribution in [2.75, 3.05) is 0 Å². The molecule has 0 spiro atoms. The second kappa shape index (κ2) is 8.99. The minimum Gasteiger partial charge on any atom is -0.480 e. The van der Waals surface area contributed by atoms with Gasteiger partial charge in [-0.1, -0.05) is 62.2 Å². The van der Waals surface area contributed by atoms with E-state index in [4.69, 9.17) is 0 Å². The Morgan fingerprint density at radius 1 is 1.04 bits per heavy atom. The summed E-state index contributed by atoms with van der Waals surface area (Å²) in [5, 5.41) is 11.9. The van der Waals surface area contributed by atoms with E-state index >= 15 is 0 Å². The minimum atomic E-state index is -1.02. The van der Waals surface area contributed by atoms with Gasteiger partial charge in [-0.05, 0) is 43.0 Å². The molecule has 0 aromatic heterocycles. The first-order valence-corrected chi connectivity index (χ1v) is 9.08. The van der Waals surface area contributed by atoms with Crippen molar-refractivity contribution >= 4 is 43.7 Å². The molecule has 0 saturated heterocycles. The molecular weight excluding hydrogens is 438 g/mol. The van der Waals surface area contributed by atoms with E-state index in [1.54, 1.807) is 12.1 Å². The van der Waals surface area contributed by atoms with Gasteiger partial charge < -0.3 is 10.4 Å². The van der Waals surface area contributed by atoms with Gasteiger partial charge >= 0.3 is 5.97 Å². The summed E-state index contributed by atoms with van der Waals surface area (Å²) >= 11 is 6.64. The zero-order valence-corrected chi connectivity index (χ0v) is 16.0. The Morgan fingerprint density at radius 3 is 2.25 bits per heavy atom. The third-order valence-electron chi connectivity index (χ3n) is 3.53. The third-order valence-corrected chi connectivity index (χ3v) is 4.44. The van der Waals surface area contributed by atoms with Crippen LogP contribution >= 0.6 is 31.9 Å². The monoisotopic (exact) mass is 453 g/mol. The van der Waals surface area contributed by atoms with Crippen molar-refractivity contribution in [2.45, 2.75) is 25.3 Å². The van der Waals surface area contributed by atoms with Crippen LogP contribution < -0.4 is 5.32 Å². The van der Waals surface area contributed by atoms with E-state index in [-0.39, 0.29) is 0 Å². The number of hydrogen-bond acceptors (Lipinski definition) is 2. The van der Waals surface area contributed by atoms with E-state index in [0.717, 1.165) is 20.9 Å². The number of carboxylic acid groups (broad SMARTS) is 1. The number of halogens is 2. The zero-order chi connectivity index (χ0) is 17.5. The molecule has 1 atom stereocenters. The van der Waals surface area contributed by atoms with Crippen molar-refractivity contribution in [1.82, 2.24) is 5.32 Å². The number of carbonyl (C=O) groups is 2. The molecule has 2 rings (SSSR count). The number of nitrogens with one attached hydrogen (secondary N) is 1. The summed E-state index contributed by atoms with van der Waals surface area (Å²) < 4.78 is 1.50. The summed E-state index contributed by atoms with van der Waals surface area (Å²) in [6, 6.07) is 14.1. The predicted octanol–water partition coefficient (Wildman–Crippen LogP) is 4.42. The number of carbonyl (C=O) groups excluding carboxylic acids is 1. The maximum absolute atomic E-state index is 12.3. The van der Waals surface area contributed by atoms with Gasteiger partial charge in [0.15, 0.2) is 0 Å². The number of aryl methyl sites for hydroxylation is 1. The van der Waals surface area contributed by atoms with Crippen molar-refractivity contribution in [3.63, 3.8) is 0 Å². The highest BCUT2D eigenvalue weighted by Gasteiger charge is 2.20. The highest BCUT2D eigenvalue weighted by Crippen LogP contribution is 2.20. The molecule has 0 unspecified atom stereocenters. The van der Waals surface area contributed by atoms with Crippen LogP contribution in [0.2, 0.25) is 0 Å². The summed E-state index contributed by atoms with van der Waals surface area (Å²) in [7, 11) is 0. The average molecular weight is 455 g/mol. The maximum Gasteiger partial charge on any atom is 0.326 e. The molecule has 6 heteroatoms. The van der Waals surface area contributed by atoms with E-state index in [9.17, 15) is 14.7 Å². The molecule has 0 heterocycles. The Labute approximate surface area is 157 Å². The number of carboxylic acids is 1. The van der Waals surface area contributed by atoms with Gasteiger partial charge in [0.25, 0.3) is 5.91 Å². The highest BCUT2D eigenvalue weighted by molar-refractivity contribution is 9.11. The second-order valence-electron chi connectivity index (χ2n) is 5.40. The smallest absolute Gasteiger partial charge is 0.326 e. The fraction of sp³-hybridized carbons (Fsp3) is 0.222. The van der Waals surface area contributed by atoms with Crippen LogP contribution in [0, 0.1) is 0 Å². The van der Waals surface area contributed by atoms with E-state index in [1.807, 2.05) is 36.4 Å². The summed E-state index contributed by atoms with van der Waals surface area (Å²) in [6.45, 7) is 0. The van der Waals surface area contributed by atoms with Gasteiger partial charge in [0.1, 0.15) is 6.04 Å². The van der Waals surface area contributed by atoms with E-state index in [1.165, 1.54) is 0 Å². The lowest BCUT2D eigenvalue weighted by Gasteiger charge is -2.15. The van der Waals surface area contributed by atoms with Gasteiger partial charge in [-0.2, -0.15) is 0 Å². The minimum absolute atomic E-state index is 0.380. The number of aliphatic carboxylic acids is 1.